The Morgan fingerprint density at radius 1 is 0.312 bits per heavy atom. The van der Waals surface area contributed by atoms with Gasteiger partial charge >= 0.3 is 0 Å². The molecule has 0 aliphatic heterocycles. The lowest BCUT2D eigenvalue weighted by Crippen LogP contribution is -2.30. The predicted molar refractivity (Wildman–Crippen MR) is 291 cm³/mol. The maximum Gasteiger partial charge on any atom is 0.0366 e. The molecule has 0 bridgehead atoms. The van der Waals surface area contributed by atoms with Gasteiger partial charge in [0.1, 0.15) is 0 Å². The molecule has 7 aromatic rings. The van der Waals surface area contributed by atoms with Crippen molar-refractivity contribution in [1.82, 2.24) is 0 Å². The summed E-state index contributed by atoms with van der Waals surface area (Å²) < 4.78 is 0. The predicted octanol–water partition coefficient (Wildman–Crippen LogP) is 18.7. The molecule has 2 aromatic heterocycles. The fourth-order valence-corrected chi connectivity index (χ4v) is 14.7. The summed E-state index contributed by atoms with van der Waals surface area (Å²) in [5, 5.41) is 2.94. The van der Waals surface area contributed by atoms with Crippen molar-refractivity contribution in [3.8, 4) is 41.8 Å². The summed E-state index contributed by atoms with van der Waals surface area (Å²) >= 11 is 3.89. The van der Waals surface area contributed by atoms with Crippen molar-refractivity contribution in [3.63, 3.8) is 0 Å². The summed E-state index contributed by atoms with van der Waals surface area (Å²) in [5.41, 5.74) is 13.9. The van der Waals surface area contributed by atoms with Crippen LogP contribution in [0.3, 0.4) is 0 Å². The van der Waals surface area contributed by atoms with E-state index in [1.165, 1.54) is 112 Å². The first kappa shape index (κ1) is 48.3. The Bertz CT molecular complexity index is 2630. The van der Waals surface area contributed by atoms with Crippen LogP contribution >= 0.6 is 39.1 Å². The minimum Gasteiger partial charge on any atom is -0.135 e. The number of rotatable bonds is 6. The number of hydrogen-bond acceptors (Lipinski definition) is 2. The van der Waals surface area contributed by atoms with Gasteiger partial charge in [-0.05, 0) is 101 Å². The molecule has 0 spiro atoms. The molecule has 2 heterocycles. The van der Waals surface area contributed by atoms with Crippen LogP contribution in [0.5, 0.6) is 0 Å². The van der Waals surface area contributed by atoms with Crippen LogP contribution in [0.2, 0.25) is 0 Å². The highest BCUT2D eigenvalue weighted by Gasteiger charge is 2.33. The standard InChI is InChI=1S/C60H72P2S2/c1-55(2,3)39-33-41(57(7,8)9)51(42(34-39)58(10,11)12)61-53-49(47-31-29-45(63-47)37-25-21-19-22-26-37)50(48-32-30-46(64-48)38-27-23-20-24-28-38)54(53)62-52-43(59(13,14)15)35-40(56(4,5)6)36-44(52)60(16,17)18/h19-36H,1-18H3. The van der Waals surface area contributed by atoms with Crippen LogP contribution in [-0.2, 0) is 32.5 Å². The Labute approximate surface area is 398 Å². The van der Waals surface area contributed by atoms with Gasteiger partial charge in [0.15, 0.2) is 0 Å². The van der Waals surface area contributed by atoms with Crippen LogP contribution in [0.25, 0.3) is 41.8 Å². The summed E-state index contributed by atoms with van der Waals surface area (Å²) in [7, 11) is 2.55. The number of thiophene rings is 2. The lowest BCUT2D eigenvalue weighted by Gasteiger charge is -2.33. The first-order chi connectivity index (χ1) is 29.5. The molecule has 0 N–H and O–H groups in total. The molecule has 4 heteroatoms. The normalized spacial score (nSPS) is 14.0. The van der Waals surface area contributed by atoms with Gasteiger partial charge in [-0.2, -0.15) is 0 Å². The Morgan fingerprint density at radius 2 is 0.578 bits per heavy atom. The molecule has 0 nitrogen and oxygen atoms in total. The van der Waals surface area contributed by atoms with E-state index in [0.717, 1.165) is 0 Å². The second kappa shape index (κ2) is 17.2. The Kier molecular flexibility index (Phi) is 13.0. The first-order valence-electron chi connectivity index (χ1n) is 23.2. The van der Waals surface area contributed by atoms with Crippen LogP contribution in [0.4, 0.5) is 0 Å². The third-order valence-corrected chi connectivity index (χ3v) is 17.6. The van der Waals surface area contributed by atoms with Crippen molar-refractivity contribution in [3.05, 3.63) is 152 Å². The molecular weight excluding hydrogens is 847 g/mol. The second-order valence-corrected chi connectivity index (χ2v) is 28.5. The molecule has 0 unspecified atom stereocenters. The quantitative estimate of drug-likeness (QED) is 0.146. The van der Waals surface area contributed by atoms with Gasteiger partial charge in [-0.25, -0.2) is 0 Å². The zero-order chi connectivity index (χ0) is 46.9. The molecule has 7 rings (SSSR count). The summed E-state index contributed by atoms with van der Waals surface area (Å²) in [4.78, 5) is 8.24. The molecule has 0 saturated carbocycles. The average Bonchev–Trinajstić information content (AvgIpc) is 3.87. The van der Waals surface area contributed by atoms with Crippen LogP contribution in [0.15, 0.2) is 109 Å². The van der Waals surface area contributed by atoms with E-state index in [9.17, 15) is 0 Å². The monoisotopic (exact) mass is 918 g/mol. The highest BCUT2D eigenvalue weighted by molar-refractivity contribution is 7.42. The van der Waals surface area contributed by atoms with Crippen molar-refractivity contribution >= 4 is 49.7 Å². The van der Waals surface area contributed by atoms with Gasteiger partial charge in [-0.1, -0.05) is 226 Å². The largest absolute Gasteiger partial charge is 0.135 e. The highest BCUT2D eigenvalue weighted by atomic mass is 32.1. The molecule has 5 aromatic carbocycles. The lowest BCUT2D eigenvalue weighted by molar-refractivity contribution is 0.553. The SMILES string of the molecule is CC(C)(C)c1cc(C(C)(C)C)c(P=c2c(-c3ccc(-c4ccccc4)s3)c(-c3ccc(-c4ccccc4)s3)c2=Pc2c(C(C)(C)C)cc(C(C)(C)C)cc2C(C)(C)C)c(C(C)(C)C)c1. The van der Waals surface area contributed by atoms with Crippen molar-refractivity contribution < 1.29 is 0 Å². The molecule has 0 saturated heterocycles. The third kappa shape index (κ3) is 10.0. The van der Waals surface area contributed by atoms with Crippen molar-refractivity contribution in [2.24, 2.45) is 0 Å². The molecule has 0 amide bonds. The molecule has 0 aliphatic carbocycles. The number of hydrogen-bond donors (Lipinski definition) is 0. The molecule has 0 radical (unpaired) electrons. The maximum atomic E-state index is 2.56. The van der Waals surface area contributed by atoms with Gasteiger partial charge < -0.3 is 0 Å². The Hall–Kier alpha value is -3.64. The summed E-state index contributed by atoms with van der Waals surface area (Å²) in [6, 6.07) is 41.7. The molecular formula is C60H72P2S2. The first-order valence-corrected chi connectivity index (χ1v) is 26.6. The van der Waals surface area contributed by atoms with Crippen LogP contribution in [0.1, 0.15) is 158 Å². The molecule has 64 heavy (non-hydrogen) atoms. The van der Waals surface area contributed by atoms with Gasteiger partial charge in [-0.15, -0.1) is 22.7 Å². The van der Waals surface area contributed by atoms with Gasteiger partial charge in [0.25, 0.3) is 0 Å². The highest BCUT2D eigenvalue weighted by Crippen LogP contribution is 2.51. The summed E-state index contributed by atoms with van der Waals surface area (Å²) in [5.74, 6) is 0. The number of benzene rings is 4. The smallest absolute Gasteiger partial charge is 0.0366 e. The zero-order valence-corrected chi connectivity index (χ0v) is 45.5. The van der Waals surface area contributed by atoms with Gasteiger partial charge in [0.2, 0.25) is 0 Å². The average molecular weight is 919 g/mol. The lowest BCUT2D eigenvalue weighted by atomic mass is 9.75. The van der Waals surface area contributed by atoms with E-state index in [-0.39, 0.29) is 32.5 Å². The molecule has 334 valence electrons. The van der Waals surface area contributed by atoms with E-state index in [0.29, 0.717) is 0 Å². The van der Waals surface area contributed by atoms with E-state index < -0.39 is 0 Å². The van der Waals surface area contributed by atoms with Crippen LogP contribution in [-0.4, -0.2) is 0 Å². The summed E-state index contributed by atoms with van der Waals surface area (Å²) in [6.07, 6.45) is 0. The minimum absolute atomic E-state index is 0.0273. The second-order valence-electron chi connectivity index (χ2n) is 24.1. The van der Waals surface area contributed by atoms with Crippen molar-refractivity contribution in [2.75, 3.05) is 0 Å². The van der Waals surface area contributed by atoms with Crippen molar-refractivity contribution in [2.45, 2.75) is 157 Å². The zero-order valence-electron chi connectivity index (χ0n) is 42.1. The van der Waals surface area contributed by atoms with Gasteiger partial charge in [0.05, 0.1) is 0 Å². The van der Waals surface area contributed by atoms with Gasteiger partial charge in [-0.3, -0.25) is 0 Å². The van der Waals surface area contributed by atoms with E-state index in [1.807, 2.05) is 22.7 Å². The van der Waals surface area contributed by atoms with E-state index in [4.69, 9.17) is 0 Å². The van der Waals surface area contributed by atoms with Gasteiger partial charge in [0, 0.05) is 51.1 Å². The maximum absolute atomic E-state index is 2.56. The van der Waals surface area contributed by atoms with E-state index >= 15 is 0 Å². The third-order valence-electron chi connectivity index (χ3n) is 12.4. The molecule has 0 atom stereocenters. The Balaban J connectivity index is 1.72. The Morgan fingerprint density at radius 3 is 0.828 bits per heavy atom. The fourth-order valence-electron chi connectivity index (χ4n) is 8.45. The minimum atomic E-state index is -0.0537. The van der Waals surface area contributed by atoms with Crippen molar-refractivity contribution in [1.29, 1.82) is 0 Å². The molecule has 0 fully saturated rings. The van der Waals surface area contributed by atoms with Crippen LogP contribution in [0, 0.1) is 9.88 Å². The summed E-state index contributed by atoms with van der Waals surface area (Å²) in [6.45, 7) is 43.2. The fraction of sp³-hybridized carbons (Fsp3) is 0.400. The topological polar surface area (TPSA) is 0 Å². The van der Waals surface area contributed by atoms with E-state index in [2.05, 4.69) is 234 Å². The molecule has 0 aliphatic rings. The van der Waals surface area contributed by atoms with E-state index in [1.54, 1.807) is 0 Å². The van der Waals surface area contributed by atoms with Crippen LogP contribution < -0.4 is 10.6 Å².